The Morgan fingerprint density at radius 1 is 0.885 bits per heavy atom. The Bertz CT molecular complexity index is 967. The summed E-state index contributed by atoms with van der Waals surface area (Å²) >= 11 is 11.4. The lowest BCUT2D eigenvalue weighted by atomic mass is 10.3. The third kappa shape index (κ3) is 4.25. The summed E-state index contributed by atoms with van der Waals surface area (Å²) in [6.45, 7) is 0. The highest BCUT2D eigenvalue weighted by atomic mass is 35.5. The molecule has 0 fully saturated rings. The second kappa shape index (κ2) is 7.63. The minimum Gasteiger partial charge on any atom is -0.339 e. The van der Waals surface area contributed by atoms with Gasteiger partial charge in [-0.05, 0) is 36.4 Å². The molecule has 26 heavy (non-hydrogen) atoms. The van der Waals surface area contributed by atoms with E-state index in [1.54, 1.807) is 0 Å². The third-order valence-corrected chi connectivity index (χ3v) is 3.83. The minimum absolute atomic E-state index is 0.0306. The Kier molecular flexibility index (Phi) is 5.29. The quantitative estimate of drug-likeness (QED) is 0.648. The molecule has 9 heteroatoms. The van der Waals surface area contributed by atoms with Crippen LogP contribution in [0.2, 0.25) is 10.0 Å². The zero-order valence-electron chi connectivity index (χ0n) is 12.9. The maximum absolute atomic E-state index is 13.1. The van der Waals surface area contributed by atoms with E-state index in [-0.39, 0.29) is 15.7 Å². The molecule has 0 aliphatic carbocycles. The smallest absolute Gasteiger partial charge is 0.275 e. The van der Waals surface area contributed by atoms with E-state index in [9.17, 15) is 13.6 Å². The molecule has 2 N–H and O–H groups in total. The first kappa shape index (κ1) is 18.0. The first-order valence-electron chi connectivity index (χ1n) is 7.23. The van der Waals surface area contributed by atoms with Gasteiger partial charge in [0.05, 0.1) is 22.4 Å². The lowest BCUT2D eigenvalue weighted by Crippen LogP contribution is -2.14. The minimum atomic E-state index is -0.583. The molecule has 1 heterocycles. The number of nitrogens with zero attached hydrogens (tertiary/aromatic N) is 2. The molecule has 0 aliphatic heterocycles. The molecule has 132 valence electrons. The highest BCUT2D eigenvalue weighted by molar-refractivity contribution is 6.31. The number of halogens is 4. The van der Waals surface area contributed by atoms with E-state index < -0.39 is 17.5 Å². The van der Waals surface area contributed by atoms with Crippen LogP contribution in [0.15, 0.2) is 48.8 Å². The van der Waals surface area contributed by atoms with Gasteiger partial charge in [0.25, 0.3) is 5.91 Å². The van der Waals surface area contributed by atoms with E-state index in [4.69, 9.17) is 23.2 Å². The average Bonchev–Trinajstić information content (AvgIpc) is 2.62. The SMILES string of the molecule is O=C(Nc1ccc(F)c(Cl)c1)c1cnc(Nc2ccc(F)c(Cl)c2)cn1. The predicted molar refractivity (Wildman–Crippen MR) is 96.1 cm³/mol. The van der Waals surface area contributed by atoms with Gasteiger partial charge in [0, 0.05) is 11.4 Å². The molecule has 0 atom stereocenters. The Morgan fingerprint density at radius 3 is 2.08 bits per heavy atom. The summed E-state index contributed by atoms with van der Waals surface area (Å²) in [6, 6.07) is 7.91. The second-order valence-corrected chi connectivity index (χ2v) is 5.94. The fourth-order valence-electron chi connectivity index (χ4n) is 2.00. The highest BCUT2D eigenvalue weighted by Crippen LogP contribution is 2.22. The number of anilines is 3. The van der Waals surface area contributed by atoms with Crippen molar-refractivity contribution in [2.24, 2.45) is 0 Å². The Labute approximate surface area is 157 Å². The number of amides is 1. The van der Waals surface area contributed by atoms with Crippen LogP contribution in [-0.4, -0.2) is 15.9 Å². The van der Waals surface area contributed by atoms with Gasteiger partial charge in [0.2, 0.25) is 0 Å². The van der Waals surface area contributed by atoms with Gasteiger partial charge in [-0.3, -0.25) is 4.79 Å². The van der Waals surface area contributed by atoms with E-state index in [0.717, 1.165) is 6.07 Å². The summed E-state index contributed by atoms with van der Waals surface area (Å²) in [5, 5.41) is 5.29. The first-order valence-corrected chi connectivity index (χ1v) is 7.98. The van der Waals surface area contributed by atoms with E-state index in [1.165, 1.54) is 42.7 Å². The molecule has 3 aromatic rings. The summed E-state index contributed by atoms with van der Waals surface area (Å²) in [5.74, 6) is -1.30. The molecule has 0 aliphatic rings. The van der Waals surface area contributed by atoms with Crippen LogP contribution in [0.3, 0.4) is 0 Å². The summed E-state index contributed by atoms with van der Waals surface area (Å²) in [6.07, 6.45) is 2.59. The van der Waals surface area contributed by atoms with Gasteiger partial charge in [0.1, 0.15) is 23.1 Å². The molecule has 0 spiro atoms. The Balaban J connectivity index is 1.69. The summed E-state index contributed by atoms with van der Waals surface area (Å²) in [5.41, 5.74) is 0.892. The number of aromatic nitrogens is 2. The van der Waals surface area contributed by atoms with Crippen LogP contribution in [0.25, 0.3) is 0 Å². The molecular formula is C17H10Cl2F2N4O. The van der Waals surface area contributed by atoms with Gasteiger partial charge in [-0.2, -0.15) is 0 Å². The number of hydrogen-bond acceptors (Lipinski definition) is 4. The normalized spacial score (nSPS) is 10.5. The van der Waals surface area contributed by atoms with Crippen LogP contribution in [0.5, 0.6) is 0 Å². The van der Waals surface area contributed by atoms with Gasteiger partial charge >= 0.3 is 0 Å². The maximum Gasteiger partial charge on any atom is 0.275 e. The van der Waals surface area contributed by atoms with E-state index in [0.29, 0.717) is 17.2 Å². The molecule has 2 aromatic carbocycles. The van der Waals surface area contributed by atoms with Crippen LogP contribution < -0.4 is 10.6 Å². The van der Waals surface area contributed by atoms with Crippen LogP contribution in [-0.2, 0) is 0 Å². The van der Waals surface area contributed by atoms with Crippen LogP contribution >= 0.6 is 23.2 Å². The zero-order valence-corrected chi connectivity index (χ0v) is 14.4. The molecule has 5 nitrogen and oxygen atoms in total. The Morgan fingerprint density at radius 2 is 1.50 bits per heavy atom. The lowest BCUT2D eigenvalue weighted by Gasteiger charge is -2.08. The molecule has 0 unspecified atom stereocenters. The van der Waals surface area contributed by atoms with Crippen molar-refractivity contribution in [2.75, 3.05) is 10.6 Å². The van der Waals surface area contributed by atoms with Gasteiger partial charge in [0.15, 0.2) is 0 Å². The largest absolute Gasteiger partial charge is 0.339 e. The predicted octanol–water partition coefficient (Wildman–Crippen LogP) is 5.06. The standard InChI is InChI=1S/C17H10Cl2F2N4O/c18-11-5-9(1-3-13(11)20)24-16-8-22-15(7-23-16)17(26)25-10-2-4-14(21)12(19)6-10/h1-8H,(H,23,24)(H,25,26). The maximum atomic E-state index is 13.1. The molecule has 0 saturated carbocycles. The second-order valence-electron chi connectivity index (χ2n) is 5.12. The Hall–Kier alpha value is -2.77. The molecule has 1 amide bonds. The van der Waals surface area contributed by atoms with Crippen molar-refractivity contribution in [3.05, 3.63) is 76.2 Å². The topological polar surface area (TPSA) is 66.9 Å². The monoisotopic (exact) mass is 394 g/mol. The van der Waals surface area contributed by atoms with Crippen LogP contribution in [0.1, 0.15) is 10.5 Å². The highest BCUT2D eigenvalue weighted by Gasteiger charge is 2.10. The van der Waals surface area contributed by atoms with Crippen molar-refractivity contribution < 1.29 is 13.6 Å². The molecule has 0 saturated heterocycles. The van der Waals surface area contributed by atoms with Crippen molar-refractivity contribution in [1.29, 1.82) is 0 Å². The average molecular weight is 395 g/mol. The number of carbonyl (C=O) groups excluding carboxylic acids is 1. The van der Waals surface area contributed by atoms with Gasteiger partial charge in [-0.25, -0.2) is 18.7 Å². The van der Waals surface area contributed by atoms with Gasteiger partial charge in [-0.15, -0.1) is 0 Å². The number of rotatable bonds is 4. The van der Waals surface area contributed by atoms with E-state index >= 15 is 0 Å². The summed E-state index contributed by atoms with van der Waals surface area (Å²) in [7, 11) is 0. The van der Waals surface area contributed by atoms with Crippen molar-refractivity contribution in [2.45, 2.75) is 0 Å². The zero-order chi connectivity index (χ0) is 18.7. The van der Waals surface area contributed by atoms with E-state index in [1.807, 2.05) is 0 Å². The summed E-state index contributed by atoms with van der Waals surface area (Å²) < 4.78 is 26.3. The third-order valence-electron chi connectivity index (χ3n) is 3.25. The summed E-state index contributed by atoms with van der Waals surface area (Å²) in [4.78, 5) is 20.2. The van der Waals surface area contributed by atoms with Crippen molar-refractivity contribution in [3.8, 4) is 0 Å². The van der Waals surface area contributed by atoms with Gasteiger partial charge < -0.3 is 10.6 Å². The number of carbonyl (C=O) groups is 1. The molecule has 0 radical (unpaired) electrons. The number of benzene rings is 2. The first-order chi connectivity index (χ1) is 12.4. The number of hydrogen-bond donors (Lipinski definition) is 2. The molecular weight excluding hydrogens is 385 g/mol. The van der Waals surface area contributed by atoms with Crippen LogP contribution in [0, 0.1) is 11.6 Å². The fourth-order valence-corrected chi connectivity index (χ4v) is 2.36. The van der Waals surface area contributed by atoms with Crippen molar-refractivity contribution in [3.63, 3.8) is 0 Å². The fraction of sp³-hybridized carbons (Fsp3) is 0. The van der Waals surface area contributed by atoms with Crippen molar-refractivity contribution in [1.82, 2.24) is 9.97 Å². The van der Waals surface area contributed by atoms with E-state index in [2.05, 4.69) is 20.6 Å². The molecule has 1 aromatic heterocycles. The van der Waals surface area contributed by atoms with Gasteiger partial charge in [-0.1, -0.05) is 23.2 Å². The number of nitrogens with one attached hydrogen (secondary N) is 2. The van der Waals surface area contributed by atoms with Crippen LogP contribution in [0.4, 0.5) is 26.0 Å². The molecule has 0 bridgehead atoms. The lowest BCUT2D eigenvalue weighted by molar-refractivity contribution is 0.102. The molecule has 3 rings (SSSR count). The van der Waals surface area contributed by atoms with Crippen molar-refractivity contribution >= 4 is 46.3 Å².